The zero-order valence-corrected chi connectivity index (χ0v) is 11.9. The molecule has 0 spiro atoms. The predicted octanol–water partition coefficient (Wildman–Crippen LogP) is 0.569. The third-order valence-electron chi connectivity index (χ3n) is 3.24. The number of hydrogen-bond acceptors (Lipinski definition) is 5. The molecule has 2 amide bonds. The number of methoxy groups -OCH3 is 1. The van der Waals surface area contributed by atoms with Gasteiger partial charge in [0.25, 0.3) is 0 Å². The second-order valence-corrected chi connectivity index (χ2v) is 5.49. The average molecular weight is 299 g/mol. The fourth-order valence-electron chi connectivity index (χ4n) is 2.18. The van der Waals surface area contributed by atoms with E-state index in [4.69, 9.17) is 9.84 Å². The van der Waals surface area contributed by atoms with Gasteiger partial charge in [0.1, 0.15) is 6.04 Å². The Morgan fingerprint density at radius 1 is 1.65 bits per heavy atom. The Morgan fingerprint density at radius 2 is 2.45 bits per heavy atom. The molecule has 7 nitrogen and oxygen atoms in total. The zero-order valence-electron chi connectivity index (χ0n) is 11.1. The quantitative estimate of drug-likeness (QED) is 0.829. The minimum absolute atomic E-state index is 0.221. The van der Waals surface area contributed by atoms with Gasteiger partial charge in [-0.25, -0.2) is 14.6 Å². The van der Waals surface area contributed by atoms with Gasteiger partial charge in [0.05, 0.1) is 11.1 Å². The van der Waals surface area contributed by atoms with Crippen LogP contribution in [0.1, 0.15) is 11.4 Å². The number of urea groups is 1. The van der Waals surface area contributed by atoms with E-state index in [-0.39, 0.29) is 12.1 Å². The number of ether oxygens (including phenoxy) is 1. The highest BCUT2D eigenvalue weighted by atomic mass is 32.1. The van der Waals surface area contributed by atoms with Crippen LogP contribution in [0, 0.1) is 0 Å². The maximum absolute atomic E-state index is 12.0. The van der Waals surface area contributed by atoms with Gasteiger partial charge in [-0.2, -0.15) is 0 Å². The van der Waals surface area contributed by atoms with E-state index in [9.17, 15) is 9.59 Å². The van der Waals surface area contributed by atoms with Gasteiger partial charge >= 0.3 is 12.0 Å². The summed E-state index contributed by atoms with van der Waals surface area (Å²) in [7, 11) is 1.52. The lowest BCUT2D eigenvalue weighted by molar-refractivity contribution is -0.141. The summed E-state index contributed by atoms with van der Waals surface area (Å²) in [4.78, 5) is 28.6. The normalized spacial score (nSPS) is 21.9. The first-order valence-corrected chi connectivity index (χ1v) is 7.18. The number of rotatable bonds is 5. The Labute approximate surface area is 120 Å². The molecule has 1 saturated heterocycles. The number of carboxylic acids is 1. The van der Waals surface area contributed by atoms with Gasteiger partial charge < -0.3 is 20.1 Å². The Bertz CT molecular complexity index is 465. The van der Waals surface area contributed by atoms with Gasteiger partial charge in [0.2, 0.25) is 0 Å². The number of likely N-dealkylation sites (tertiary alicyclic amines) is 1. The van der Waals surface area contributed by atoms with Crippen molar-refractivity contribution in [3.63, 3.8) is 0 Å². The summed E-state index contributed by atoms with van der Waals surface area (Å²) in [6, 6.07) is -1.19. The molecule has 2 N–H and O–H groups in total. The molecule has 2 unspecified atom stereocenters. The van der Waals surface area contributed by atoms with Crippen molar-refractivity contribution in [3.05, 3.63) is 16.6 Å². The number of amides is 2. The molecule has 1 aromatic rings. The number of carbonyl (C=O) groups excluding carboxylic acids is 1. The lowest BCUT2D eigenvalue weighted by atomic mass is 10.2. The summed E-state index contributed by atoms with van der Waals surface area (Å²) in [5, 5.41) is 14.7. The molecule has 0 radical (unpaired) electrons. The van der Waals surface area contributed by atoms with Gasteiger partial charge in [-0.3, -0.25) is 0 Å². The molecular weight excluding hydrogens is 282 g/mol. The van der Waals surface area contributed by atoms with Crippen LogP contribution in [0.25, 0.3) is 0 Å². The van der Waals surface area contributed by atoms with Gasteiger partial charge in [0, 0.05) is 44.6 Å². The molecule has 0 saturated carbocycles. The van der Waals surface area contributed by atoms with Crippen LogP contribution in [0.15, 0.2) is 11.6 Å². The first-order chi connectivity index (χ1) is 9.61. The standard InChI is InChI=1S/C12H17N3O4S/c1-19-8-6-9(11(16)17)15(7-8)12(18)14-3-2-10-13-4-5-20-10/h4-5,8-9H,2-3,6-7H2,1H3,(H,14,18)(H,16,17). The van der Waals surface area contributed by atoms with E-state index in [2.05, 4.69) is 10.3 Å². The van der Waals surface area contributed by atoms with Crippen LogP contribution >= 0.6 is 11.3 Å². The molecular formula is C12H17N3O4S. The number of nitrogens with one attached hydrogen (secondary N) is 1. The molecule has 8 heteroatoms. The van der Waals surface area contributed by atoms with Crippen LogP contribution in [0.3, 0.4) is 0 Å². The van der Waals surface area contributed by atoms with Crippen molar-refractivity contribution >= 4 is 23.3 Å². The number of nitrogens with zero attached hydrogens (tertiary/aromatic N) is 2. The first-order valence-electron chi connectivity index (χ1n) is 6.30. The average Bonchev–Trinajstić information content (AvgIpc) is 3.07. The molecule has 20 heavy (non-hydrogen) atoms. The van der Waals surface area contributed by atoms with E-state index in [1.54, 1.807) is 6.20 Å². The molecule has 1 aliphatic rings. The summed E-state index contributed by atoms with van der Waals surface area (Å²) in [5.74, 6) is -1.00. The third-order valence-corrected chi connectivity index (χ3v) is 4.08. The third kappa shape index (κ3) is 3.45. The van der Waals surface area contributed by atoms with Crippen LogP contribution in [-0.4, -0.2) is 59.3 Å². The number of hydrogen-bond donors (Lipinski definition) is 2. The van der Waals surface area contributed by atoms with Gasteiger partial charge in [-0.05, 0) is 0 Å². The van der Waals surface area contributed by atoms with E-state index < -0.39 is 12.0 Å². The fraction of sp³-hybridized carbons (Fsp3) is 0.583. The van der Waals surface area contributed by atoms with Crippen molar-refractivity contribution in [2.45, 2.75) is 25.0 Å². The van der Waals surface area contributed by atoms with Crippen molar-refractivity contribution < 1.29 is 19.4 Å². The fourth-order valence-corrected chi connectivity index (χ4v) is 2.80. The van der Waals surface area contributed by atoms with Crippen LogP contribution < -0.4 is 5.32 Å². The first kappa shape index (κ1) is 14.7. The summed E-state index contributed by atoms with van der Waals surface area (Å²) in [6.45, 7) is 0.739. The Hall–Kier alpha value is -1.67. The molecule has 0 bridgehead atoms. The molecule has 110 valence electrons. The molecule has 2 rings (SSSR count). The second kappa shape index (κ2) is 6.67. The zero-order chi connectivity index (χ0) is 14.5. The number of carbonyl (C=O) groups is 2. The maximum Gasteiger partial charge on any atom is 0.326 e. The smallest absolute Gasteiger partial charge is 0.326 e. The summed E-state index contributed by atoms with van der Waals surface area (Å²) in [6.07, 6.45) is 2.46. The van der Waals surface area contributed by atoms with Crippen molar-refractivity contribution in [1.29, 1.82) is 0 Å². The number of aromatic nitrogens is 1. The van der Waals surface area contributed by atoms with Crippen LogP contribution in [0.5, 0.6) is 0 Å². The largest absolute Gasteiger partial charge is 0.480 e. The monoisotopic (exact) mass is 299 g/mol. The summed E-state index contributed by atoms with van der Waals surface area (Å²) < 4.78 is 5.14. The van der Waals surface area contributed by atoms with E-state index in [0.29, 0.717) is 25.9 Å². The highest BCUT2D eigenvalue weighted by Crippen LogP contribution is 2.20. The predicted molar refractivity (Wildman–Crippen MR) is 72.8 cm³/mol. The Kier molecular flexibility index (Phi) is 4.91. The van der Waals surface area contributed by atoms with Crippen LogP contribution in [0.2, 0.25) is 0 Å². The minimum Gasteiger partial charge on any atom is -0.480 e. The molecule has 1 fully saturated rings. The molecule has 1 aliphatic heterocycles. The van der Waals surface area contributed by atoms with E-state index >= 15 is 0 Å². The summed E-state index contributed by atoms with van der Waals surface area (Å²) >= 11 is 1.53. The second-order valence-electron chi connectivity index (χ2n) is 4.51. The molecule has 2 heterocycles. The lowest BCUT2D eigenvalue weighted by Crippen LogP contribution is -2.46. The van der Waals surface area contributed by atoms with E-state index in [0.717, 1.165) is 5.01 Å². The lowest BCUT2D eigenvalue weighted by Gasteiger charge is -2.21. The molecule has 2 atom stereocenters. The van der Waals surface area contributed by atoms with Gasteiger partial charge in [-0.1, -0.05) is 0 Å². The SMILES string of the molecule is COC1CC(C(=O)O)N(C(=O)NCCc2nccs2)C1. The molecule has 1 aromatic heterocycles. The van der Waals surface area contributed by atoms with Crippen molar-refractivity contribution in [3.8, 4) is 0 Å². The number of aliphatic carboxylic acids is 1. The number of thiazole rings is 1. The van der Waals surface area contributed by atoms with Gasteiger partial charge in [-0.15, -0.1) is 11.3 Å². The minimum atomic E-state index is -1.00. The van der Waals surface area contributed by atoms with E-state index in [1.807, 2.05) is 5.38 Å². The van der Waals surface area contributed by atoms with E-state index in [1.165, 1.54) is 23.3 Å². The Morgan fingerprint density at radius 3 is 3.05 bits per heavy atom. The molecule has 0 aromatic carbocycles. The van der Waals surface area contributed by atoms with Crippen LogP contribution in [0.4, 0.5) is 4.79 Å². The van der Waals surface area contributed by atoms with Crippen molar-refractivity contribution in [1.82, 2.24) is 15.2 Å². The molecule has 0 aliphatic carbocycles. The highest BCUT2D eigenvalue weighted by Gasteiger charge is 2.39. The maximum atomic E-state index is 12.0. The van der Waals surface area contributed by atoms with Gasteiger partial charge in [0.15, 0.2) is 0 Å². The Balaban J connectivity index is 1.85. The van der Waals surface area contributed by atoms with Crippen molar-refractivity contribution in [2.75, 3.05) is 20.2 Å². The summed E-state index contributed by atoms with van der Waals surface area (Å²) in [5.41, 5.74) is 0. The topological polar surface area (TPSA) is 91.8 Å². The van der Waals surface area contributed by atoms with Crippen molar-refractivity contribution in [2.24, 2.45) is 0 Å². The number of carboxylic acid groups (broad SMARTS) is 1. The highest BCUT2D eigenvalue weighted by molar-refractivity contribution is 7.09. The van der Waals surface area contributed by atoms with Crippen LogP contribution in [-0.2, 0) is 16.0 Å².